The van der Waals surface area contributed by atoms with Gasteiger partial charge in [0.2, 0.25) is 11.1 Å². The van der Waals surface area contributed by atoms with E-state index in [1.807, 2.05) is 70.2 Å². The maximum Gasteiger partial charge on any atom is 0.240 e. The number of para-hydroxylation sites is 1. The number of aromatic nitrogens is 4. The number of hydrogen-bond acceptors (Lipinski definition) is 5. The summed E-state index contributed by atoms with van der Waals surface area (Å²) in [6, 6.07) is 15.8. The Bertz CT molecular complexity index is 925. The van der Waals surface area contributed by atoms with Crippen molar-refractivity contribution in [2.75, 3.05) is 11.4 Å². The molecule has 0 saturated carbocycles. The lowest BCUT2D eigenvalue weighted by Crippen LogP contribution is -2.36. The average molecular weight is 382 g/mol. The van der Waals surface area contributed by atoms with Crippen molar-refractivity contribution in [3.05, 3.63) is 59.7 Å². The Morgan fingerprint density at radius 2 is 1.93 bits per heavy atom. The van der Waals surface area contributed by atoms with Crippen LogP contribution in [0.4, 0.5) is 5.69 Å². The molecule has 0 bridgehead atoms. The Balaban J connectivity index is 1.83. The number of carbonyl (C=O) groups is 1. The highest BCUT2D eigenvalue weighted by Gasteiger charge is 2.24. The van der Waals surface area contributed by atoms with Crippen molar-refractivity contribution in [2.45, 2.75) is 38.1 Å². The smallest absolute Gasteiger partial charge is 0.240 e. The van der Waals surface area contributed by atoms with E-state index in [1.165, 1.54) is 11.8 Å². The van der Waals surface area contributed by atoms with Crippen LogP contribution in [-0.4, -0.2) is 37.9 Å². The van der Waals surface area contributed by atoms with E-state index in [1.54, 1.807) is 9.58 Å². The third-order valence-corrected chi connectivity index (χ3v) is 5.33. The first kappa shape index (κ1) is 19.1. The van der Waals surface area contributed by atoms with Crippen molar-refractivity contribution in [2.24, 2.45) is 0 Å². The van der Waals surface area contributed by atoms with Gasteiger partial charge in [0, 0.05) is 12.2 Å². The second kappa shape index (κ2) is 8.35. The zero-order valence-corrected chi connectivity index (χ0v) is 16.8. The number of tetrazole rings is 1. The molecular weight excluding hydrogens is 358 g/mol. The second-order valence-electron chi connectivity index (χ2n) is 6.34. The molecule has 3 aromatic rings. The van der Waals surface area contributed by atoms with Crippen LogP contribution in [0, 0.1) is 13.8 Å². The van der Waals surface area contributed by atoms with E-state index >= 15 is 0 Å². The van der Waals surface area contributed by atoms with Gasteiger partial charge in [0.25, 0.3) is 0 Å². The average Bonchev–Trinajstić information content (AvgIpc) is 3.13. The topological polar surface area (TPSA) is 63.9 Å². The molecule has 0 fully saturated rings. The summed E-state index contributed by atoms with van der Waals surface area (Å²) in [5, 5.41) is 12.4. The minimum absolute atomic E-state index is 0.0317. The van der Waals surface area contributed by atoms with Gasteiger partial charge < -0.3 is 4.90 Å². The number of nitrogens with zero attached hydrogens (tertiary/aromatic N) is 5. The maximum absolute atomic E-state index is 13.0. The van der Waals surface area contributed by atoms with Crippen LogP contribution in [0.25, 0.3) is 5.69 Å². The van der Waals surface area contributed by atoms with Gasteiger partial charge in [0.05, 0.1) is 10.9 Å². The number of rotatable bonds is 6. The van der Waals surface area contributed by atoms with Gasteiger partial charge in [-0.3, -0.25) is 4.79 Å². The molecule has 1 heterocycles. The molecule has 0 saturated heterocycles. The third kappa shape index (κ3) is 4.19. The van der Waals surface area contributed by atoms with Gasteiger partial charge in [-0.1, -0.05) is 42.1 Å². The van der Waals surface area contributed by atoms with Gasteiger partial charge in [0.15, 0.2) is 0 Å². The van der Waals surface area contributed by atoms with Gasteiger partial charge in [0.1, 0.15) is 0 Å². The third-order valence-electron chi connectivity index (χ3n) is 4.31. The number of aryl methyl sites for hydroxylation is 2. The minimum atomic E-state index is -0.319. The van der Waals surface area contributed by atoms with E-state index < -0.39 is 0 Å². The summed E-state index contributed by atoms with van der Waals surface area (Å²) in [6.07, 6.45) is 0. The summed E-state index contributed by atoms with van der Waals surface area (Å²) < 4.78 is 1.70. The van der Waals surface area contributed by atoms with Crippen molar-refractivity contribution in [1.82, 2.24) is 20.2 Å². The largest absolute Gasteiger partial charge is 0.312 e. The van der Waals surface area contributed by atoms with E-state index in [-0.39, 0.29) is 11.2 Å². The molecule has 6 nitrogen and oxygen atoms in total. The predicted molar refractivity (Wildman–Crippen MR) is 108 cm³/mol. The SMILES string of the molecule is CCN(C(=O)C(C)Sc1nnnn1-c1cc(C)ccc1C)c1ccccc1. The number of carbonyl (C=O) groups excluding carboxylic acids is 1. The molecule has 0 aliphatic carbocycles. The molecule has 1 atom stereocenters. The maximum atomic E-state index is 13.0. The van der Waals surface area contributed by atoms with Gasteiger partial charge in [-0.05, 0) is 67.4 Å². The van der Waals surface area contributed by atoms with Crippen molar-refractivity contribution in [3.63, 3.8) is 0 Å². The summed E-state index contributed by atoms with van der Waals surface area (Å²) in [6.45, 7) is 8.53. The highest BCUT2D eigenvalue weighted by atomic mass is 32.2. The highest BCUT2D eigenvalue weighted by Crippen LogP contribution is 2.27. The Labute approximate surface area is 163 Å². The molecule has 0 aliphatic rings. The Morgan fingerprint density at radius 1 is 1.19 bits per heavy atom. The van der Waals surface area contributed by atoms with Crippen molar-refractivity contribution in [3.8, 4) is 5.69 Å². The first-order valence-corrected chi connectivity index (χ1v) is 9.78. The summed E-state index contributed by atoms with van der Waals surface area (Å²) in [5.74, 6) is 0.0317. The fraction of sp³-hybridized carbons (Fsp3) is 0.300. The van der Waals surface area contributed by atoms with Crippen LogP contribution in [0.3, 0.4) is 0 Å². The highest BCUT2D eigenvalue weighted by molar-refractivity contribution is 8.00. The zero-order valence-electron chi connectivity index (χ0n) is 16.0. The van der Waals surface area contributed by atoms with E-state index in [0.29, 0.717) is 11.7 Å². The molecule has 7 heteroatoms. The number of thioether (sulfide) groups is 1. The van der Waals surface area contributed by atoms with Gasteiger partial charge in [-0.25, -0.2) is 0 Å². The molecular formula is C20H23N5OS. The molecule has 2 aromatic carbocycles. The van der Waals surface area contributed by atoms with Crippen LogP contribution in [0.15, 0.2) is 53.7 Å². The van der Waals surface area contributed by atoms with Gasteiger partial charge in [-0.15, -0.1) is 5.10 Å². The van der Waals surface area contributed by atoms with E-state index in [4.69, 9.17) is 0 Å². The lowest BCUT2D eigenvalue weighted by atomic mass is 10.1. The van der Waals surface area contributed by atoms with E-state index in [9.17, 15) is 4.79 Å². The normalized spacial score (nSPS) is 12.0. The predicted octanol–water partition coefficient (Wildman–Crippen LogP) is 3.81. The standard InChI is InChI=1S/C20H23N5OS/c1-5-24(17-9-7-6-8-10-17)19(26)16(4)27-20-21-22-23-25(20)18-13-14(2)11-12-15(18)3/h6-13,16H,5H2,1-4H3. The van der Waals surface area contributed by atoms with Crippen molar-refractivity contribution < 1.29 is 4.79 Å². The number of amides is 1. The molecule has 1 aromatic heterocycles. The first-order chi connectivity index (χ1) is 13.0. The molecule has 0 radical (unpaired) electrons. The number of hydrogen-bond donors (Lipinski definition) is 0. The Morgan fingerprint density at radius 3 is 2.63 bits per heavy atom. The van der Waals surface area contributed by atoms with Crippen LogP contribution in [0.1, 0.15) is 25.0 Å². The molecule has 3 rings (SSSR count). The van der Waals surface area contributed by atoms with E-state index in [2.05, 4.69) is 21.6 Å². The Kier molecular flexibility index (Phi) is 5.91. The number of benzene rings is 2. The molecule has 1 unspecified atom stereocenters. The van der Waals surface area contributed by atoms with Crippen molar-refractivity contribution >= 4 is 23.4 Å². The molecule has 0 N–H and O–H groups in total. The van der Waals surface area contributed by atoms with Gasteiger partial charge >= 0.3 is 0 Å². The van der Waals surface area contributed by atoms with Crippen LogP contribution in [0.5, 0.6) is 0 Å². The lowest BCUT2D eigenvalue weighted by molar-refractivity contribution is -0.117. The quantitative estimate of drug-likeness (QED) is 0.608. The van der Waals surface area contributed by atoms with Gasteiger partial charge in [-0.2, -0.15) is 4.68 Å². The number of anilines is 1. The summed E-state index contributed by atoms with van der Waals surface area (Å²) in [5.41, 5.74) is 4.03. The fourth-order valence-corrected chi connectivity index (χ4v) is 3.72. The summed E-state index contributed by atoms with van der Waals surface area (Å²) in [4.78, 5) is 14.8. The summed E-state index contributed by atoms with van der Waals surface area (Å²) in [7, 11) is 0. The monoisotopic (exact) mass is 381 g/mol. The van der Waals surface area contributed by atoms with E-state index in [0.717, 1.165) is 22.5 Å². The molecule has 140 valence electrons. The van der Waals surface area contributed by atoms with Crippen LogP contribution >= 0.6 is 11.8 Å². The zero-order chi connectivity index (χ0) is 19.4. The lowest BCUT2D eigenvalue weighted by Gasteiger charge is -2.24. The minimum Gasteiger partial charge on any atom is -0.312 e. The van der Waals surface area contributed by atoms with Crippen LogP contribution < -0.4 is 4.90 Å². The molecule has 1 amide bonds. The Hall–Kier alpha value is -2.67. The molecule has 0 aliphatic heterocycles. The summed E-state index contributed by atoms with van der Waals surface area (Å²) >= 11 is 1.37. The van der Waals surface area contributed by atoms with Crippen LogP contribution in [0.2, 0.25) is 0 Å². The fourth-order valence-electron chi connectivity index (χ4n) is 2.85. The molecule has 27 heavy (non-hydrogen) atoms. The van der Waals surface area contributed by atoms with Crippen molar-refractivity contribution in [1.29, 1.82) is 0 Å². The van der Waals surface area contributed by atoms with Crippen LogP contribution in [-0.2, 0) is 4.79 Å². The first-order valence-electron chi connectivity index (χ1n) is 8.90. The second-order valence-corrected chi connectivity index (χ2v) is 7.65. The molecule has 0 spiro atoms.